The quantitative estimate of drug-likeness (QED) is 0.772. The maximum absolute atomic E-state index is 12.2. The first-order valence-corrected chi connectivity index (χ1v) is 7.24. The Hall–Kier alpha value is -0.900. The average Bonchev–Trinajstić information content (AvgIpc) is 2.89. The van der Waals surface area contributed by atoms with E-state index in [9.17, 15) is 9.59 Å². The van der Waals surface area contributed by atoms with E-state index in [2.05, 4.69) is 13.8 Å². The Kier molecular flexibility index (Phi) is 4.29. The van der Waals surface area contributed by atoms with Crippen LogP contribution in [0.5, 0.6) is 0 Å². The van der Waals surface area contributed by atoms with Crippen LogP contribution < -0.4 is 0 Å². The van der Waals surface area contributed by atoms with E-state index in [-0.39, 0.29) is 30.7 Å². The monoisotopic (exact) mass is 268 g/mol. The number of aliphatic hydroxyl groups is 1. The summed E-state index contributed by atoms with van der Waals surface area (Å²) in [6, 6.07) is 0. The van der Waals surface area contributed by atoms with Crippen molar-refractivity contribution in [3.8, 4) is 0 Å². The van der Waals surface area contributed by atoms with Gasteiger partial charge in [-0.15, -0.1) is 0 Å². The van der Waals surface area contributed by atoms with Gasteiger partial charge in [-0.2, -0.15) is 0 Å². The number of carbonyl (C=O) groups is 2. The van der Waals surface area contributed by atoms with Crippen molar-refractivity contribution in [3.05, 3.63) is 0 Å². The third-order valence-corrected chi connectivity index (χ3v) is 5.20. The van der Waals surface area contributed by atoms with Gasteiger partial charge in [0.05, 0.1) is 12.5 Å². The Morgan fingerprint density at radius 2 is 1.95 bits per heavy atom. The van der Waals surface area contributed by atoms with Gasteiger partial charge in [0, 0.05) is 6.42 Å². The van der Waals surface area contributed by atoms with Gasteiger partial charge in [-0.3, -0.25) is 9.59 Å². The molecule has 4 heteroatoms. The minimum absolute atomic E-state index is 0.0304. The summed E-state index contributed by atoms with van der Waals surface area (Å²) in [5.41, 5.74) is 0. The van der Waals surface area contributed by atoms with Crippen LogP contribution in [0.3, 0.4) is 0 Å². The Morgan fingerprint density at radius 3 is 2.42 bits per heavy atom. The lowest BCUT2D eigenvalue weighted by Crippen LogP contribution is -2.34. The van der Waals surface area contributed by atoms with Gasteiger partial charge in [0.1, 0.15) is 11.9 Å². The highest BCUT2D eigenvalue weighted by Gasteiger charge is 2.51. The number of Topliss-reactive ketones (excluding diaryl/α,β-unsaturated/α-hetero) is 1. The van der Waals surface area contributed by atoms with Crippen molar-refractivity contribution in [1.29, 1.82) is 0 Å². The van der Waals surface area contributed by atoms with Gasteiger partial charge >= 0.3 is 5.97 Å². The molecule has 2 saturated carbocycles. The molecule has 19 heavy (non-hydrogen) atoms. The molecule has 2 fully saturated rings. The highest BCUT2D eigenvalue weighted by molar-refractivity contribution is 5.77. The van der Waals surface area contributed by atoms with Crippen molar-refractivity contribution in [2.24, 2.45) is 29.6 Å². The van der Waals surface area contributed by atoms with Crippen molar-refractivity contribution >= 4 is 11.8 Å². The molecule has 0 heterocycles. The van der Waals surface area contributed by atoms with Gasteiger partial charge in [-0.05, 0) is 43.4 Å². The highest BCUT2D eigenvalue weighted by Crippen LogP contribution is 2.55. The second-order valence-corrected chi connectivity index (χ2v) is 6.37. The first-order valence-electron chi connectivity index (χ1n) is 7.24. The fraction of sp³-hybridized carbons (Fsp3) is 0.867. The van der Waals surface area contributed by atoms with E-state index in [1.54, 1.807) is 0 Å². The Labute approximate surface area is 114 Å². The van der Waals surface area contributed by atoms with Gasteiger partial charge in [-0.1, -0.05) is 13.8 Å². The van der Waals surface area contributed by atoms with Gasteiger partial charge in [0.15, 0.2) is 0 Å². The zero-order chi connectivity index (χ0) is 14.2. The molecule has 2 rings (SSSR count). The number of carbonyl (C=O) groups excluding carboxylic acids is 2. The minimum atomic E-state index is -0.670. The molecule has 0 radical (unpaired) electrons. The van der Waals surface area contributed by atoms with E-state index < -0.39 is 6.10 Å². The Balaban J connectivity index is 1.93. The van der Waals surface area contributed by atoms with Crippen molar-refractivity contribution in [2.75, 3.05) is 6.61 Å². The molecular weight excluding hydrogens is 244 g/mol. The fourth-order valence-corrected chi connectivity index (χ4v) is 3.93. The van der Waals surface area contributed by atoms with E-state index in [4.69, 9.17) is 9.84 Å². The molecule has 5 unspecified atom stereocenters. The molecule has 2 aliphatic carbocycles. The van der Waals surface area contributed by atoms with Crippen LogP contribution in [0.4, 0.5) is 0 Å². The van der Waals surface area contributed by atoms with E-state index >= 15 is 0 Å². The number of rotatable bonds is 5. The second-order valence-electron chi connectivity index (χ2n) is 6.37. The van der Waals surface area contributed by atoms with Crippen LogP contribution in [0, 0.1) is 29.6 Å². The topological polar surface area (TPSA) is 63.6 Å². The first-order chi connectivity index (χ1) is 8.93. The van der Waals surface area contributed by atoms with Gasteiger partial charge in [-0.25, -0.2) is 0 Å². The third kappa shape index (κ3) is 2.83. The molecule has 0 aromatic heterocycles. The Morgan fingerprint density at radius 1 is 1.26 bits per heavy atom. The predicted molar refractivity (Wildman–Crippen MR) is 70.3 cm³/mol. The zero-order valence-corrected chi connectivity index (χ0v) is 12.0. The lowest BCUT2D eigenvalue weighted by atomic mass is 9.76. The van der Waals surface area contributed by atoms with Gasteiger partial charge in [0.2, 0.25) is 0 Å². The maximum atomic E-state index is 12.2. The molecule has 0 aromatic carbocycles. The molecule has 1 N–H and O–H groups in total. The first kappa shape index (κ1) is 14.5. The number of ketones is 1. The molecule has 2 aliphatic rings. The molecule has 0 aliphatic heterocycles. The second kappa shape index (κ2) is 5.61. The fourth-order valence-electron chi connectivity index (χ4n) is 3.93. The van der Waals surface area contributed by atoms with Crippen LogP contribution in [-0.2, 0) is 14.3 Å². The van der Waals surface area contributed by atoms with Crippen LogP contribution >= 0.6 is 0 Å². The zero-order valence-electron chi connectivity index (χ0n) is 12.0. The number of aliphatic hydroxyl groups excluding tert-OH is 1. The highest BCUT2D eigenvalue weighted by atomic mass is 16.6. The summed E-state index contributed by atoms with van der Waals surface area (Å²) in [7, 11) is 0. The molecule has 0 saturated heterocycles. The number of hydrogen-bond acceptors (Lipinski definition) is 4. The van der Waals surface area contributed by atoms with E-state index in [1.165, 1.54) is 6.92 Å². The lowest BCUT2D eigenvalue weighted by Gasteiger charge is -2.31. The predicted octanol–water partition coefficient (Wildman–Crippen LogP) is 1.80. The van der Waals surface area contributed by atoms with Gasteiger partial charge in [0.25, 0.3) is 0 Å². The van der Waals surface area contributed by atoms with Crippen LogP contribution in [0.25, 0.3) is 0 Å². The van der Waals surface area contributed by atoms with Crippen molar-refractivity contribution in [3.63, 3.8) is 0 Å². The summed E-state index contributed by atoms with van der Waals surface area (Å²) in [6.07, 6.45) is 1.47. The normalized spacial score (nSPS) is 38.2. The SMILES string of the molecule is CC(=O)CC(CO)OC(=O)C1CC2CC1[C@H](C)C2C. The molecule has 2 bridgehead atoms. The van der Waals surface area contributed by atoms with E-state index in [0.717, 1.165) is 12.8 Å². The maximum Gasteiger partial charge on any atom is 0.309 e. The van der Waals surface area contributed by atoms with Crippen molar-refractivity contribution < 1.29 is 19.4 Å². The van der Waals surface area contributed by atoms with Crippen LogP contribution in [0.2, 0.25) is 0 Å². The molecule has 108 valence electrons. The molecular formula is C15H24O4. The molecule has 6 atom stereocenters. The molecule has 0 aromatic rings. The summed E-state index contributed by atoms with van der Waals surface area (Å²) in [5.74, 6) is 2.00. The summed E-state index contributed by atoms with van der Waals surface area (Å²) < 4.78 is 5.32. The number of fused-ring (bicyclic) bond motifs is 2. The standard InChI is InChI=1S/C15H24O4/c1-8(17)4-12(7-16)19-15(18)14-6-11-5-13(14)10(3)9(11)2/h9-14,16H,4-7H2,1-3H3/t9?,10-,11?,12?,13?,14?/m1/s1. The number of hydrogen-bond donors (Lipinski definition) is 1. The average molecular weight is 268 g/mol. The van der Waals surface area contributed by atoms with Crippen LogP contribution in [0.15, 0.2) is 0 Å². The van der Waals surface area contributed by atoms with Crippen LogP contribution in [-0.4, -0.2) is 29.6 Å². The summed E-state index contributed by atoms with van der Waals surface area (Å²) in [5, 5.41) is 9.16. The Bertz CT molecular complexity index is 363. The van der Waals surface area contributed by atoms with Crippen LogP contribution in [0.1, 0.15) is 40.0 Å². The van der Waals surface area contributed by atoms with E-state index in [1.807, 2.05) is 0 Å². The van der Waals surface area contributed by atoms with E-state index in [0.29, 0.717) is 23.7 Å². The largest absolute Gasteiger partial charge is 0.459 e. The summed E-state index contributed by atoms with van der Waals surface area (Å²) in [4.78, 5) is 23.2. The van der Waals surface area contributed by atoms with Crippen molar-refractivity contribution in [2.45, 2.75) is 46.1 Å². The molecule has 0 amide bonds. The lowest BCUT2D eigenvalue weighted by molar-refractivity contribution is -0.160. The smallest absolute Gasteiger partial charge is 0.309 e. The van der Waals surface area contributed by atoms with Crippen molar-refractivity contribution in [1.82, 2.24) is 0 Å². The summed E-state index contributed by atoms with van der Waals surface area (Å²) in [6.45, 7) is 5.65. The third-order valence-electron chi connectivity index (χ3n) is 5.20. The summed E-state index contributed by atoms with van der Waals surface area (Å²) >= 11 is 0. The minimum Gasteiger partial charge on any atom is -0.459 e. The van der Waals surface area contributed by atoms with Gasteiger partial charge < -0.3 is 9.84 Å². The molecule has 0 spiro atoms. The number of ether oxygens (including phenoxy) is 1. The number of esters is 1. The molecule has 4 nitrogen and oxygen atoms in total.